The minimum atomic E-state index is 0.107. The molecule has 0 heterocycles. The summed E-state index contributed by atoms with van der Waals surface area (Å²) in [4.78, 5) is 0.510. The van der Waals surface area contributed by atoms with Crippen LogP contribution in [0.5, 0.6) is 0 Å². The summed E-state index contributed by atoms with van der Waals surface area (Å²) in [6.45, 7) is 1.76. The monoisotopic (exact) mass is 330 g/mol. The van der Waals surface area contributed by atoms with Gasteiger partial charge in [-0.15, -0.1) is 0 Å². The molecule has 17 heavy (non-hydrogen) atoms. The van der Waals surface area contributed by atoms with Crippen LogP contribution in [0.1, 0.15) is 6.92 Å². The Kier molecular flexibility index (Phi) is 5.46. The van der Waals surface area contributed by atoms with E-state index in [0.717, 1.165) is 10.2 Å². The maximum Gasteiger partial charge on any atom is 0.184 e. The van der Waals surface area contributed by atoms with Gasteiger partial charge in [0.1, 0.15) is 4.99 Å². The van der Waals surface area contributed by atoms with Gasteiger partial charge in [-0.2, -0.15) is 5.10 Å². The van der Waals surface area contributed by atoms with Gasteiger partial charge in [0.2, 0.25) is 0 Å². The van der Waals surface area contributed by atoms with Crippen LogP contribution in [0.3, 0.4) is 0 Å². The SMILES string of the molecule is C/C(=N/NC(N)=S)C(=S)Nc1ccc(Br)cc1. The van der Waals surface area contributed by atoms with Crippen LogP contribution in [-0.2, 0) is 0 Å². The van der Waals surface area contributed by atoms with E-state index < -0.39 is 0 Å². The first-order valence-electron chi connectivity index (χ1n) is 4.65. The van der Waals surface area contributed by atoms with E-state index in [2.05, 4.69) is 44.0 Å². The second-order valence-corrected chi connectivity index (χ2v) is 4.90. The number of nitrogens with two attached hydrogens (primary N) is 1. The molecule has 0 spiro atoms. The van der Waals surface area contributed by atoms with Crippen LogP contribution in [0.2, 0.25) is 0 Å². The summed E-state index contributed by atoms with van der Waals surface area (Å²) in [5.74, 6) is 0. The summed E-state index contributed by atoms with van der Waals surface area (Å²) in [6, 6.07) is 7.66. The van der Waals surface area contributed by atoms with Gasteiger partial charge in [0.15, 0.2) is 5.11 Å². The second-order valence-electron chi connectivity index (χ2n) is 3.13. The van der Waals surface area contributed by atoms with Crippen molar-refractivity contribution in [1.29, 1.82) is 0 Å². The zero-order valence-corrected chi connectivity index (χ0v) is 12.2. The molecule has 0 bridgehead atoms. The predicted octanol–water partition coefficient (Wildman–Crippen LogP) is 2.40. The highest BCUT2D eigenvalue weighted by Crippen LogP contribution is 2.14. The van der Waals surface area contributed by atoms with Gasteiger partial charge in [0, 0.05) is 10.2 Å². The maximum atomic E-state index is 5.25. The summed E-state index contributed by atoms with van der Waals surface area (Å²) in [5, 5.41) is 7.08. The topological polar surface area (TPSA) is 62.4 Å². The van der Waals surface area contributed by atoms with Gasteiger partial charge >= 0.3 is 0 Å². The first kappa shape index (κ1) is 14.0. The van der Waals surface area contributed by atoms with Crippen LogP contribution in [0, 0.1) is 0 Å². The Balaban J connectivity index is 2.63. The highest BCUT2D eigenvalue weighted by Gasteiger charge is 2.02. The van der Waals surface area contributed by atoms with Gasteiger partial charge in [0.25, 0.3) is 0 Å². The quantitative estimate of drug-likeness (QED) is 0.451. The van der Waals surface area contributed by atoms with Crippen molar-refractivity contribution < 1.29 is 0 Å². The Morgan fingerprint density at radius 1 is 1.29 bits per heavy atom. The number of hydrogen-bond donors (Lipinski definition) is 3. The van der Waals surface area contributed by atoms with E-state index in [9.17, 15) is 0 Å². The number of benzene rings is 1. The molecule has 7 heteroatoms. The van der Waals surface area contributed by atoms with E-state index in [4.69, 9.17) is 18.0 Å². The molecule has 90 valence electrons. The standard InChI is InChI=1S/C10H11BrN4S2/c1-6(14-15-10(12)17)9(16)13-8-4-2-7(11)3-5-8/h2-5H,1H3,(H,13,16)(H3,12,15,17)/b14-6-. The minimum absolute atomic E-state index is 0.107. The van der Waals surface area contributed by atoms with Crippen molar-refractivity contribution in [2.75, 3.05) is 5.32 Å². The Bertz CT molecular complexity index is 456. The molecule has 0 unspecified atom stereocenters. The molecule has 0 saturated carbocycles. The molecule has 4 nitrogen and oxygen atoms in total. The van der Waals surface area contributed by atoms with E-state index >= 15 is 0 Å². The lowest BCUT2D eigenvalue weighted by Gasteiger charge is -2.07. The van der Waals surface area contributed by atoms with Crippen molar-refractivity contribution in [3.63, 3.8) is 0 Å². The van der Waals surface area contributed by atoms with Crippen molar-refractivity contribution in [2.45, 2.75) is 6.92 Å². The zero-order chi connectivity index (χ0) is 12.8. The highest BCUT2D eigenvalue weighted by molar-refractivity contribution is 9.10. The third-order valence-corrected chi connectivity index (χ3v) is 2.78. The van der Waals surface area contributed by atoms with Gasteiger partial charge in [-0.3, -0.25) is 5.43 Å². The molecule has 0 fully saturated rings. The van der Waals surface area contributed by atoms with E-state index in [1.165, 1.54) is 0 Å². The van der Waals surface area contributed by atoms with Gasteiger partial charge in [-0.25, -0.2) is 0 Å². The Morgan fingerprint density at radius 2 is 1.88 bits per heavy atom. The fourth-order valence-corrected chi connectivity index (χ4v) is 1.42. The molecule has 0 radical (unpaired) electrons. The largest absolute Gasteiger partial charge is 0.375 e. The second kappa shape index (κ2) is 6.63. The van der Waals surface area contributed by atoms with Crippen molar-refractivity contribution >= 4 is 61.9 Å². The average molecular weight is 331 g/mol. The van der Waals surface area contributed by atoms with Crippen LogP contribution in [-0.4, -0.2) is 15.8 Å². The van der Waals surface area contributed by atoms with Gasteiger partial charge in [-0.05, 0) is 43.4 Å². The van der Waals surface area contributed by atoms with Crippen LogP contribution in [0.25, 0.3) is 0 Å². The first-order chi connectivity index (χ1) is 7.99. The Morgan fingerprint density at radius 3 is 2.41 bits per heavy atom. The molecule has 0 aromatic heterocycles. The van der Waals surface area contributed by atoms with E-state index in [-0.39, 0.29) is 5.11 Å². The molecular weight excluding hydrogens is 320 g/mol. The lowest BCUT2D eigenvalue weighted by atomic mass is 10.3. The zero-order valence-electron chi connectivity index (χ0n) is 9.03. The summed E-state index contributed by atoms with van der Waals surface area (Å²) >= 11 is 13.2. The molecule has 0 aliphatic carbocycles. The molecule has 0 saturated heterocycles. The summed E-state index contributed by atoms with van der Waals surface area (Å²) in [7, 11) is 0. The van der Waals surface area contributed by atoms with Crippen molar-refractivity contribution in [3.05, 3.63) is 28.7 Å². The summed E-state index contributed by atoms with van der Waals surface area (Å²) in [5.41, 5.74) is 9.24. The average Bonchev–Trinajstić information content (AvgIpc) is 2.28. The van der Waals surface area contributed by atoms with E-state index in [0.29, 0.717) is 10.7 Å². The third-order valence-electron chi connectivity index (χ3n) is 1.76. The molecule has 0 atom stereocenters. The number of hydrazone groups is 1. The van der Waals surface area contributed by atoms with Gasteiger partial charge < -0.3 is 11.1 Å². The minimum Gasteiger partial charge on any atom is -0.375 e. The first-order valence-corrected chi connectivity index (χ1v) is 6.26. The Hall–Kier alpha value is -1.05. The summed E-state index contributed by atoms with van der Waals surface area (Å²) in [6.07, 6.45) is 0. The van der Waals surface area contributed by atoms with Crippen molar-refractivity contribution in [2.24, 2.45) is 10.8 Å². The number of rotatable bonds is 3. The maximum absolute atomic E-state index is 5.25. The number of nitrogens with zero attached hydrogens (tertiary/aromatic N) is 1. The number of thiocarbonyl (C=S) groups is 2. The lowest BCUT2D eigenvalue weighted by Crippen LogP contribution is -2.28. The van der Waals surface area contributed by atoms with Crippen LogP contribution < -0.4 is 16.5 Å². The van der Waals surface area contributed by atoms with E-state index in [1.807, 2.05) is 24.3 Å². The predicted molar refractivity (Wildman–Crippen MR) is 83.4 cm³/mol. The molecule has 1 aromatic rings. The van der Waals surface area contributed by atoms with Crippen LogP contribution in [0.15, 0.2) is 33.8 Å². The molecule has 1 aromatic carbocycles. The Labute approximate surface area is 119 Å². The molecule has 0 aliphatic heterocycles. The third kappa shape index (κ3) is 5.20. The number of nitrogens with one attached hydrogen (secondary N) is 2. The fraction of sp³-hybridized carbons (Fsp3) is 0.100. The number of hydrogen-bond acceptors (Lipinski definition) is 3. The number of anilines is 1. The smallest absolute Gasteiger partial charge is 0.184 e. The van der Waals surface area contributed by atoms with Crippen LogP contribution in [0.4, 0.5) is 5.69 Å². The van der Waals surface area contributed by atoms with Gasteiger partial charge in [-0.1, -0.05) is 28.1 Å². The molecule has 1 rings (SSSR count). The fourth-order valence-electron chi connectivity index (χ4n) is 0.944. The van der Waals surface area contributed by atoms with Crippen LogP contribution >= 0.6 is 40.4 Å². The molecule has 0 aliphatic rings. The van der Waals surface area contributed by atoms with Gasteiger partial charge in [0.05, 0.1) is 5.71 Å². The van der Waals surface area contributed by atoms with E-state index in [1.54, 1.807) is 6.92 Å². The normalized spacial score (nSPS) is 10.8. The van der Waals surface area contributed by atoms with Crippen molar-refractivity contribution in [3.8, 4) is 0 Å². The number of halogens is 1. The lowest BCUT2D eigenvalue weighted by molar-refractivity contribution is 1.03. The van der Waals surface area contributed by atoms with Crippen molar-refractivity contribution in [1.82, 2.24) is 5.43 Å². The molecule has 4 N–H and O–H groups in total. The molecular formula is C10H11BrN4S2. The molecule has 0 amide bonds. The summed E-state index contributed by atoms with van der Waals surface area (Å²) < 4.78 is 1.01. The highest BCUT2D eigenvalue weighted by atomic mass is 79.9.